The van der Waals surface area contributed by atoms with E-state index in [0.717, 1.165) is 0 Å². The van der Waals surface area contributed by atoms with Gasteiger partial charge in [-0.2, -0.15) is 0 Å². The second kappa shape index (κ2) is 3.26. The molecule has 0 radical (unpaired) electrons. The van der Waals surface area contributed by atoms with Crippen LogP contribution in [0.1, 0.15) is 0 Å². The average Bonchev–Trinajstić information content (AvgIpc) is 1.65. The molecule has 0 fully saturated rings. The molecule has 0 aromatic carbocycles. The van der Waals surface area contributed by atoms with Crippen molar-refractivity contribution in [1.82, 2.24) is 5.32 Å². The molecule has 0 rings (SSSR count). The van der Waals surface area contributed by atoms with Crippen molar-refractivity contribution in [1.29, 1.82) is 0 Å². The van der Waals surface area contributed by atoms with E-state index in [1.165, 1.54) is 7.05 Å². The van der Waals surface area contributed by atoms with Gasteiger partial charge in [0.2, 0.25) is 0 Å². The van der Waals surface area contributed by atoms with Gasteiger partial charge >= 0.3 is 11.5 Å². The summed E-state index contributed by atoms with van der Waals surface area (Å²) in [6.07, 6.45) is -0.856. The third kappa shape index (κ3) is 3.42. The standard InChI is InChI=1S/C3H4ClNO3/c1-5-3(7)8-2(4)6/h1H3,(H,5,7). The summed E-state index contributed by atoms with van der Waals surface area (Å²) in [5, 5.41) is 2.03. The van der Waals surface area contributed by atoms with Crippen molar-refractivity contribution in [2.45, 2.75) is 0 Å². The minimum Gasteiger partial charge on any atom is -0.364 e. The lowest BCUT2D eigenvalue weighted by molar-refractivity contribution is 0.168. The van der Waals surface area contributed by atoms with Crippen molar-refractivity contribution in [3.05, 3.63) is 0 Å². The monoisotopic (exact) mass is 137 g/mol. The normalized spacial score (nSPS) is 7.75. The summed E-state index contributed by atoms with van der Waals surface area (Å²) in [4.78, 5) is 19.7. The lowest BCUT2D eigenvalue weighted by Crippen LogP contribution is -2.19. The van der Waals surface area contributed by atoms with E-state index in [1.807, 2.05) is 5.32 Å². The molecule has 5 heteroatoms. The van der Waals surface area contributed by atoms with Gasteiger partial charge in [-0.1, -0.05) is 0 Å². The maximum Gasteiger partial charge on any atom is 0.415 e. The Bertz CT molecular complexity index is 113. The molecule has 0 aromatic heterocycles. The molecule has 0 aromatic rings. The van der Waals surface area contributed by atoms with Gasteiger partial charge in [0.1, 0.15) is 0 Å². The molecule has 0 heterocycles. The van der Waals surface area contributed by atoms with Crippen molar-refractivity contribution >= 4 is 23.1 Å². The Hall–Kier alpha value is -0.770. The highest BCUT2D eigenvalue weighted by molar-refractivity contribution is 6.61. The highest BCUT2D eigenvalue weighted by Crippen LogP contribution is 1.85. The molecule has 0 saturated carbocycles. The lowest BCUT2D eigenvalue weighted by atomic mass is 11.1. The number of nitrogens with one attached hydrogen (secondary N) is 1. The Morgan fingerprint density at radius 3 is 2.25 bits per heavy atom. The van der Waals surface area contributed by atoms with Crippen LogP contribution in [-0.4, -0.2) is 18.6 Å². The van der Waals surface area contributed by atoms with E-state index in [-0.39, 0.29) is 0 Å². The number of carbonyl (C=O) groups is 2. The first-order valence-corrected chi connectivity index (χ1v) is 2.13. The third-order valence-electron chi connectivity index (χ3n) is 0.377. The summed E-state index contributed by atoms with van der Waals surface area (Å²) in [6.45, 7) is 0. The van der Waals surface area contributed by atoms with Gasteiger partial charge in [0.05, 0.1) is 0 Å². The molecule has 0 unspecified atom stereocenters. The Labute approximate surface area is 50.8 Å². The van der Waals surface area contributed by atoms with Gasteiger partial charge in [-0.3, -0.25) is 0 Å². The van der Waals surface area contributed by atoms with E-state index in [9.17, 15) is 9.59 Å². The van der Waals surface area contributed by atoms with Gasteiger partial charge in [-0.15, -0.1) is 0 Å². The molecule has 8 heavy (non-hydrogen) atoms. The minimum atomic E-state index is -1.13. The van der Waals surface area contributed by atoms with Crippen LogP contribution in [-0.2, 0) is 4.74 Å². The summed E-state index contributed by atoms with van der Waals surface area (Å²) in [7, 11) is 1.32. The Kier molecular flexibility index (Phi) is 2.95. The molecular weight excluding hydrogens is 133 g/mol. The number of amides is 1. The van der Waals surface area contributed by atoms with Crippen LogP contribution >= 0.6 is 11.6 Å². The van der Waals surface area contributed by atoms with Crippen molar-refractivity contribution in [3.63, 3.8) is 0 Å². The summed E-state index contributed by atoms with van der Waals surface area (Å²) >= 11 is 4.63. The number of ether oxygens (including phenoxy) is 1. The Morgan fingerprint density at radius 2 is 2.12 bits per heavy atom. The van der Waals surface area contributed by atoms with Crippen LogP contribution in [0.5, 0.6) is 0 Å². The molecule has 0 bridgehead atoms. The molecule has 0 aliphatic rings. The van der Waals surface area contributed by atoms with Crippen LogP contribution in [0.4, 0.5) is 9.59 Å². The smallest absolute Gasteiger partial charge is 0.364 e. The second-order valence-corrected chi connectivity index (χ2v) is 1.19. The second-order valence-electron chi connectivity index (χ2n) is 0.877. The lowest BCUT2D eigenvalue weighted by Gasteiger charge is -1.92. The van der Waals surface area contributed by atoms with Gasteiger partial charge in [-0.05, 0) is 0 Å². The Balaban J connectivity index is 3.40. The molecule has 1 N–H and O–H groups in total. The number of rotatable bonds is 0. The van der Waals surface area contributed by atoms with Crippen molar-refractivity contribution in [2.75, 3.05) is 7.05 Å². The van der Waals surface area contributed by atoms with E-state index in [1.54, 1.807) is 0 Å². The van der Waals surface area contributed by atoms with Crippen molar-refractivity contribution in [2.24, 2.45) is 0 Å². The van der Waals surface area contributed by atoms with Gasteiger partial charge in [0.15, 0.2) is 0 Å². The minimum absolute atomic E-state index is 0.856. The fourth-order valence-corrected chi connectivity index (χ4v) is 0.194. The number of carbonyl (C=O) groups excluding carboxylic acids is 2. The van der Waals surface area contributed by atoms with Crippen molar-refractivity contribution < 1.29 is 14.3 Å². The number of hydrogen-bond acceptors (Lipinski definition) is 3. The molecule has 0 spiro atoms. The van der Waals surface area contributed by atoms with E-state index in [2.05, 4.69) is 16.3 Å². The fraction of sp³-hybridized carbons (Fsp3) is 0.333. The number of hydrogen-bond donors (Lipinski definition) is 1. The summed E-state index contributed by atoms with van der Waals surface area (Å²) in [6, 6.07) is 0. The van der Waals surface area contributed by atoms with Gasteiger partial charge in [-0.25, -0.2) is 9.59 Å². The van der Waals surface area contributed by atoms with E-state index in [4.69, 9.17) is 0 Å². The number of halogens is 1. The van der Waals surface area contributed by atoms with Crippen LogP contribution in [0.15, 0.2) is 0 Å². The maximum absolute atomic E-state index is 9.98. The SMILES string of the molecule is CNC(=O)OC(=O)Cl. The zero-order chi connectivity index (χ0) is 6.57. The molecule has 1 amide bonds. The van der Waals surface area contributed by atoms with Crippen LogP contribution in [0.25, 0.3) is 0 Å². The topological polar surface area (TPSA) is 55.4 Å². The van der Waals surface area contributed by atoms with Gasteiger partial charge < -0.3 is 10.1 Å². The number of alkyl carbamates (subject to hydrolysis) is 1. The first-order chi connectivity index (χ1) is 3.66. The summed E-state index contributed by atoms with van der Waals surface area (Å²) < 4.78 is 3.78. The predicted octanol–water partition coefficient (Wildman–Crippen LogP) is 0.701. The maximum atomic E-state index is 9.98. The third-order valence-corrected chi connectivity index (χ3v) is 0.454. The molecule has 4 nitrogen and oxygen atoms in total. The molecule has 0 aliphatic carbocycles. The average molecular weight is 138 g/mol. The highest BCUT2D eigenvalue weighted by Gasteiger charge is 2.01. The van der Waals surface area contributed by atoms with E-state index < -0.39 is 11.5 Å². The van der Waals surface area contributed by atoms with E-state index in [0.29, 0.717) is 0 Å². The molecule has 0 saturated heterocycles. The van der Waals surface area contributed by atoms with Crippen LogP contribution < -0.4 is 5.32 Å². The van der Waals surface area contributed by atoms with Gasteiger partial charge in [0.25, 0.3) is 0 Å². The summed E-state index contributed by atoms with van der Waals surface area (Å²) in [5.74, 6) is 0. The quantitative estimate of drug-likeness (QED) is 0.395. The fourth-order valence-electron chi connectivity index (χ4n) is 0.124. The first-order valence-electron chi connectivity index (χ1n) is 1.76. The van der Waals surface area contributed by atoms with Gasteiger partial charge in [0, 0.05) is 18.6 Å². The molecule has 46 valence electrons. The van der Waals surface area contributed by atoms with Crippen LogP contribution in [0.3, 0.4) is 0 Å². The molecule has 0 atom stereocenters. The van der Waals surface area contributed by atoms with Crippen LogP contribution in [0.2, 0.25) is 0 Å². The van der Waals surface area contributed by atoms with Crippen LogP contribution in [0, 0.1) is 0 Å². The highest BCUT2D eigenvalue weighted by atomic mass is 35.5. The van der Waals surface area contributed by atoms with E-state index >= 15 is 0 Å². The Morgan fingerprint density at radius 1 is 1.62 bits per heavy atom. The largest absolute Gasteiger partial charge is 0.415 e. The first kappa shape index (κ1) is 7.23. The molecular formula is C3H4ClNO3. The van der Waals surface area contributed by atoms with Crippen molar-refractivity contribution in [3.8, 4) is 0 Å². The summed E-state index contributed by atoms with van der Waals surface area (Å²) in [5.41, 5.74) is -1.13. The molecule has 0 aliphatic heterocycles. The zero-order valence-electron chi connectivity index (χ0n) is 4.10. The predicted molar refractivity (Wildman–Crippen MR) is 26.8 cm³/mol. The zero-order valence-corrected chi connectivity index (χ0v) is 4.86.